The van der Waals surface area contributed by atoms with Crippen LogP contribution >= 0.6 is 0 Å². The van der Waals surface area contributed by atoms with Gasteiger partial charge in [0.2, 0.25) is 0 Å². The molecule has 1 heterocycles. The number of nitrogens with one attached hydrogen (secondary N) is 1. The summed E-state index contributed by atoms with van der Waals surface area (Å²) in [5.41, 5.74) is 1.59. The summed E-state index contributed by atoms with van der Waals surface area (Å²) in [5, 5.41) is 12.6. The van der Waals surface area contributed by atoms with Gasteiger partial charge in [0.15, 0.2) is 6.61 Å². The first kappa shape index (κ1) is 22.5. The lowest BCUT2D eigenvalue weighted by atomic mass is 10.0. The standard InChI is InChI=1S/C22H29NO6/c1-5-6-7-15-11-20(25)29-21-14(4)18(9-8-16(15)21)28-12-19(24)23-17(22(26)27)10-13(2)3/h8-9,11,13,17H,5-7,10,12H2,1-4H3,(H,23,24)(H,26,27)/t17-/m0/s1. The van der Waals surface area contributed by atoms with E-state index in [-0.39, 0.29) is 12.5 Å². The van der Waals surface area contributed by atoms with E-state index in [2.05, 4.69) is 12.2 Å². The lowest BCUT2D eigenvalue weighted by molar-refractivity contribution is -0.142. The van der Waals surface area contributed by atoms with Gasteiger partial charge in [0.1, 0.15) is 17.4 Å². The Labute approximate surface area is 170 Å². The zero-order chi connectivity index (χ0) is 21.6. The molecule has 0 radical (unpaired) electrons. The fraction of sp³-hybridized carbons (Fsp3) is 0.500. The molecule has 29 heavy (non-hydrogen) atoms. The first-order valence-corrected chi connectivity index (χ1v) is 9.94. The number of amides is 1. The number of benzene rings is 1. The van der Waals surface area contributed by atoms with Gasteiger partial charge in [-0.3, -0.25) is 4.79 Å². The van der Waals surface area contributed by atoms with Crippen molar-refractivity contribution >= 4 is 22.8 Å². The molecule has 2 rings (SSSR count). The van der Waals surface area contributed by atoms with Crippen LogP contribution in [0.1, 0.15) is 51.2 Å². The minimum absolute atomic E-state index is 0.129. The van der Waals surface area contributed by atoms with Crippen molar-refractivity contribution in [2.24, 2.45) is 5.92 Å². The van der Waals surface area contributed by atoms with Gasteiger partial charge in [-0.1, -0.05) is 27.2 Å². The number of aliphatic carboxylic acids is 1. The van der Waals surface area contributed by atoms with E-state index < -0.39 is 23.5 Å². The fourth-order valence-corrected chi connectivity index (χ4v) is 3.21. The van der Waals surface area contributed by atoms with Gasteiger partial charge in [-0.2, -0.15) is 0 Å². The highest BCUT2D eigenvalue weighted by atomic mass is 16.5. The Bertz CT molecular complexity index is 931. The predicted octanol–water partition coefficient (Wildman–Crippen LogP) is 3.44. The SMILES string of the molecule is CCCCc1cc(=O)oc2c(C)c(OCC(=O)N[C@@H](CC(C)C)C(=O)O)ccc12. The highest BCUT2D eigenvalue weighted by Gasteiger charge is 2.21. The first-order chi connectivity index (χ1) is 13.7. The predicted molar refractivity (Wildman–Crippen MR) is 110 cm³/mol. The van der Waals surface area contributed by atoms with Crippen molar-refractivity contribution < 1.29 is 23.8 Å². The van der Waals surface area contributed by atoms with Gasteiger partial charge in [0.25, 0.3) is 5.91 Å². The summed E-state index contributed by atoms with van der Waals surface area (Å²) < 4.78 is 11.0. The summed E-state index contributed by atoms with van der Waals surface area (Å²) in [6.45, 7) is 7.31. The summed E-state index contributed by atoms with van der Waals surface area (Å²) in [6, 6.07) is 4.13. The Kier molecular flexibility index (Phi) is 7.82. The molecule has 2 N–H and O–H groups in total. The number of unbranched alkanes of at least 4 members (excludes halogenated alkanes) is 1. The Morgan fingerprint density at radius 1 is 1.28 bits per heavy atom. The Morgan fingerprint density at radius 2 is 2.00 bits per heavy atom. The summed E-state index contributed by atoms with van der Waals surface area (Å²) in [7, 11) is 0. The Hall–Kier alpha value is -2.83. The van der Waals surface area contributed by atoms with Crippen LogP contribution in [0.5, 0.6) is 5.75 Å². The smallest absolute Gasteiger partial charge is 0.336 e. The van der Waals surface area contributed by atoms with Gasteiger partial charge in [0, 0.05) is 17.0 Å². The monoisotopic (exact) mass is 403 g/mol. The van der Waals surface area contributed by atoms with E-state index in [0.717, 1.165) is 30.2 Å². The van der Waals surface area contributed by atoms with E-state index in [0.29, 0.717) is 23.3 Å². The maximum atomic E-state index is 12.1. The molecule has 7 heteroatoms. The number of carbonyl (C=O) groups is 2. The number of carboxylic acids is 1. The van der Waals surface area contributed by atoms with Crippen LogP contribution in [0, 0.1) is 12.8 Å². The minimum atomic E-state index is -1.07. The second kappa shape index (κ2) is 10.1. The van der Waals surface area contributed by atoms with Gasteiger partial charge < -0.3 is 19.6 Å². The number of carboxylic acid groups (broad SMARTS) is 1. The molecule has 158 valence electrons. The number of ether oxygens (including phenoxy) is 1. The van der Waals surface area contributed by atoms with E-state index in [4.69, 9.17) is 9.15 Å². The van der Waals surface area contributed by atoms with E-state index >= 15 is 0 Å². The molecule has 0 spiro atoms. The van der Waals surface area contributed by atoms with Crippen LogP contribution in [0.3, 0.4) is 0 Å². The van der Waals surface area contributed by atoms with Crippen molar-refractivity contribution in [1.82, 2.24) is 5.32 Å². The number of hydrogen-bond donors (Lipinski definition) is 2. The molecular weight excluding hydrogens is 374 g/mol. The largest absolute Gasteiger partial charge is 0.483 e. The molecule has 0 aliphatic heterocycles. The zero-order valence-electron chi connectivity index (χ0n) is 17.4. The molecule has 1 aromatic carbocycles. The molecule has 0 bridgehead atoms. The molecule has 0 fully saturated rings. The second-order valence-electron chi connectivity index (χ2n) is 7.64. The van der Waals surface area contributed by atoms with Crippen LogP contribution in [0.25, 0.3) is 11.0 Å². The molecular formula is C22H29NO6. The minimum Gasteiger partial charge on any atom is -0.483 e. The number of fused-ring (bicyclic) bond motifs is 1. The lowest BCUT2D eigenvalue weighted by Crippen LogP contribution is -2.43. The molecule has 1 aromatic heterocycles. The van der Waals surface area contributed by atoms with Gasteiger partial charge in [-0.25, -0.2) is 9.59 Å². The van der Waals surface area contributed by atoms with Crippen LogP contribution in [-0.4, -0.2) is 29.6 Å². The number of hydrogen-bond acceptors (Lipinski definition) is 5. The van der Waals surface area contributed by atoms with Crippen molar-refractivity contribution in [1.29, 1.82) is 0 Å². The van der Waals surface area contributed by atoms with Crippen molar-refractivity contribution in [3.63, 3.8) is 0 Å². The van der Waals surface area contributed by atoms with E-state index in [1.54, 1.807) is 13.0 Å². The number of aryl methyl sites for hydroxylation is 2. The van der Waals surface area contributed by atoms with Crippen LogP contribution in [0.4, 0.5) is 0 Å². The molecule has 0 unspecified atom stereocenters. The summed E-state index contributed by atoms with van der Waals surface area (Å²) in [6.07, 6.45) is 3.11. The molecule has 1 amide bonds. The van der Waals surface area contributed by atoms with E-state index in [1.807, 2.05) is 19.9 Å². The van der Waals surface area contributed by atoms with Crippen molar-refractivity contribution in [3.8, 4) is 5.75 Å². The molecule has 2 aromatic rings. The molecule has 0 aliphatic rings. The quantitative estimate of drug-likeness (QED) is 0.589. The van der Waals surface area contributed by atoms with E-state index in [9.17, 15) is 19.5 Å². The molecule has 0 saturated carbocycles. The Balaban J connectivity index is 2.16. The second-order valence-corrected chi connectivity index (χ2v) is 7.64. The highest BCUT2D eigenvalue weighted by molar-refractivity contribution is 5.86. The zero-order valence-corrected chi connectivity index (χ0v) is 17.4. The third-order valence-corrected chi connectivity index (χ3v) is 4.70. The summed E-state index contributed by atoms with van der Waals surface area (Å²) in [4.78, 5) is 35.4. The van der Waals surface area contributed by atoms with Gasteiger partial charge in [-0.05, 0) is 49.8 Å². The average Bonchev–Trinajstić information content (AvgIpc) is 2.65. The first-order valence-electron chi connectivity index (χ1n) is 9.94. The normalized spacial score (nSPS) is 12.2. The van der Waals surface area contributed by atoms with Crippen molar-refractivity contribution in [2.75, 3.05) is 6.61 Å². The summed E-state index contributed by atoms with van der Waals surface area (Å²) >= 11 is 0. The third-order valence-electron chi connectivity index (χ3n) is 4.70. The molecule has 0 saturated heterocycles. The highest BCUT2D eigenvalue weighted by Crippen LogP contribution is 2.29. The van der Waals surface area contributed by atoms with Gasteiger partial charge >= 0.3 is 11.6 Å². The molecule has 1 atom stereocenters. The number of carbonyl (C=O) groups excluding carboxylic acids is 1. The van der Waals surface area contributed by atoms with Crippen molar-refractivity contribution in [3.05, 3.63) is 39.7 Å². The Morgan fingerprint density at radius 3 is 2.62 bits per heavy atom. The van der Waals surface area contributed by atoms with E-state index in [1.165, 1.54) is 6.07 Å². The van der Waals surface area contributed by atoms with Crippen LogP contribution in [0.15, 0.2) is 27.4 Å². The summed E-state index contributed by atoms with van der Waals surface area (Å²) in [5.74, 6) is -1.05. The third kappa shape index (κ3) is 6.07. The van der Waals surface area contributed by atoms with Gasteiger partial charge in [-0.15, -0.1) is 0 Å². The van der Waals surface area contributed by atoms with Crippen molar-refractivity contribution in [2.45, 2.75) is 59.4 Å². The fourth-order valence-electron chi connectivity index (χ4n) is 3.21. The van der Waals surface area contributed by atoms with Crippen LogP contribution in [-0.2, 0) is 16.0 Å². The topological polar surface area (TPSA) is 106 Å². The maximum absolute atomic E-state index is 12.1. The number of rotatable bonds is 10. The average molecular weight is 403 g/mol. The molecule has 0 aliphatic carbocycles. The lowest BCUT2D eigenvalue weighted by Gasteiger charge is -2.17. The van der Waals surface area contributed by atoms with Gasteiger partial charge in [0.05, 0.1) is 0 Å². The van der Waals surface area contributed by atoms with Crippen LogP contribution < -0.4 is 15.7 Å². The molecule has 7 nitrogen and oxygen atoms in total. The van der Waals surface area contributed by atoms with Crippen LogP contribution in [0.2, 0.25) is 0 Å². The maximum Gasteiger partial charge on any atom is 0.336 e.